The molecule has 4 nitrogen and oxygen atoms in total. The molecule has 2 rings (SSSR count). The van der Waals surface area contributed by atoms with E-state index < -0.39 is 5.82 Å². The van der Waals surface area contributed by atoms with E-state index in [1.165, 1.54) is 25.3 Å². The molecule has 0 spiro atoms. The lowest BCUT2D eigenvalue weighted by Gasteiger charge is -2.10. The van der Waals surface area contributed by atoms with Gasteiger partial charge in [-0.25, -0.2) is 4.39 Å². The van der Waals surface area contributed by atoms with Crippen molar-refractivity contribution in [1.29, 1.82) is 0 Å². The normalized spacial score (nSPS) is 10.2. The molecule has 6 heteroatoms. The summed E-state index contributed by atoms with van der Waals surface area (Å²) in [6, 6.07) is 8.97. The van der Waals surface area contributed by atoms with Crippen LogP contribution in [-0.4, -0.2) is 13.0 Å². The maximum atomic E-state index is 13.1. The summed E-state index contributed by atoms with van der Waals surface area (Å²) in [6.07, 6.45) is 0. The van der Waals surface area contributed by atoms with Crippen LogP contribution >= 0.6 is 15.9 Å². The lowest BCUT2D eigenvalue weighted by Crippen LogP contribution is -2.13. The van der Waals surface area contributed by atoms with Gasteiger partial charge in [0.1, 0.15) is 11.6 Å². The fourth-order valence-corrected chi connectivity index (χ4v) is 2.05. The summed E-state index contributed by atoms with van der Waals surface area (Å²) >= 11 is 3.06. The molecule has 0 aromatic heterocycles. The molecular formula is C14H12BrFN2O2. The zero-order valence-corrected chi connectivity index (χ0v) is 12.2. The van der Waals surface area contributed by atoms with Gasteiger partial charge < -0.3 is 15.8 Å². The molecule has 0 saturated heterocycles. The number of halogens is 2. The van der Waals surface area contributed by atoms with Crippen LogP contribution in [0, 0.1) is 5.82 Å². The Morgan fingerprint density at radius 2 is 2.05 bits per heavy atom. The summed E-state index contributed by atoms with van der Waals surface area (Å²) in [6.45, 7) is 0. The molecule has 3 N–H and O–H groups in total. The van der Waals surface area contributed by atoms with Crippen molar-refractivity contribution in [2.45, 2.75) is 0 Å². The molecule has 0 bridgehead atoms. The van der Waals surface area contributed by atoms with Crippen LogP contribution in [0.4, 0.5) is 15.8 Å². The highest BCUT2D eigenvalue weighted by atomic mass is 79.9. The number of nitrogen functional groups attached to an aromatic ring is 1. The quantitative estimate of drug-likeness (QED) is 0.842. The predicted octanol–water partition coefficient (Wildman–Crippen LogP) is 3.43. The number of nitrogens with one attached hydrogen (secondary N) is 1. The van der Waals surface area contributed by atoms with Gasteiger partial charge in [-0.2, -0.15) is 0 Å². The molecule has 0 saturated carbocycles. The fourth-order valence-electron chi connectivity index (χ4n) is 1.67. The van der Waals surface area contributed by atoms with Crippen LogP contribution in [0.5, 0.6) is 5.75 Å². The Morgan fingerprint density at radius 1 is 1.30 bits per heavy atom. The van der Waals surface area contributed by atoms with Gasteiger partial charge in [-0.3, -0.25) is 4.79 Å². The smallest absolute Gasteiger partial charge is 0.259 e. The Balaban J connectivity index is 2.25. The standard InChI is InChI=1S/C14H12BrFN2O2/c1-20-13-6-8(17)2-4-10(13)14(19)18-9-3-5-12(16)11(15)7-9/h2-7H,17H2,1H3,(H,18,19). The molecule has 20 heavy (non-hydrogen) atoms. The fraction of sp³-hybridized carbons (Fsp3) is 0.0714. The number of hydrogen-bond donors (Lipinski definition) is 2. The van der Waals surface area contributed by atoms with Gasteiger partial charge in [-0.1, -0.05) is 0 Å². The van der Waals surface area contributed by atoms with Gasteiger partial charge in [0.25, 0.3) is 5.91 Å². The topological polar surface area (TPSA) is 64.3 Å². The zero-order valence-electron chi connectivity index (χ0n) is 10.6. The number of carbonyl (C=O) groups is 1. The van der Waals surface area contributed by atoms with E-state index in [0.29, 0.717) is 22.7 Å². The summed E-state index contributed by atoms with van der Waals surface area (Å²) in [5, 5.41) is 2.66. The van der Waals surface area contributed by atoms with Gasteiger partial charge >= 0.3 is 0 Å². The van der Waals surface area contributed by atoms with E-state index in [4.69, 9.17) is 10.5 Å². The van der Waals surface area contributed by atoms with E-state index in [1.54, 1.807) is 18.2 Å². The van der Waals surface area contributed by atoms with Crippen molar-refractivity contribution in [2.24, 2.45) is 0 Å². The number of hydrogen-bond acceptors (Lipinski definition) is 3. The summed E-state index contributed by atoms with van der Waals surface area (Å²) in [5.74, 6) is -0.378. The second kappa shape index (κ2) is 5.92. The lowest BCUT2D eigenvalue weighted by atomic mass is 10.1. The third-order valence-corrected chi connectivity index (χ3v) is 3.26. The highest BCUT2D eigenvalue weighted by molar-refractivity contribution is 9.10. The van der Waals surface area contributed by atoms with Gasteiger partial charge in [-0.05, 0) is 46.3 Å². The Hall–Kier alpha value is -2.08. The average molecular weight is 339 g/mol. The van der Waals surface area contributed by atoms with Crippen molar-refractivity contribution in [3.8, 4) is 5.75 Å². The first-order valence-corrected chi connectivity index (χ1v) is 6.50. The molecule has 0 atom stereocenters. The number of methoxy groups -OCH3 is 1. The van der Waals surface area contributed by atoms with E-state index in [0.717, 1.165) is 0 Å². The minimum atomic E-state index is -0.395. The van der Waals surface area contributed by atoms with Crippen LogP contribution < -0.4 is 15.8 Å². The Bertz CT molecular complexity index is 662. The van der Waals surface area contributed by atoms with Gasteiger partial charge in [0, 0.05) is 17.4 Å². The summed E-state index contributed by atoms with van der Waals surface area (Å²) < 4.78 is 18.5. The maximum absolute atomic E-state index is 13.1. The average Bonchev–Trinajstić information content (AvgIpc) is 2.42. The van der Waals surface area contributed by atoms with E-state index in [9.17, 15) is 9.18 Å². The third kappa shape index (κ3) is 3.08. The number of amides is 1. The molecule has 0 radical (unpaired) electrons. The van der Waals surface area contributed by atoms with Crippen molar-refractivity contribution >= 4 is 33.2 Å². The van der Waals surface area contributed by atoms with Gasteiger partial charge in [0.15, 0.2) is 0 Å². The molecule has 1 amide bonds. The lowest BCUT2D eigenvalue weighted by molar-refractivity contribution is 0.102. The largest absolute Gasteiger partial charge is 0.496 e. The summed E-state index contributed by atoms with van der Waals surface area (Å²) in [4.78, 5) is 12.2. The van der Waals surface area contributed by atoms with Crippen LogP contribution in [0.25, 0.3) is 0 Å². The first kappa shape index (κ1) is 14.3. The van der Waals surface area contributed by atoms with Crippen LogP contribution in [0.3, 0.4) is 0 Å². The van der Waals surface area contributed by atoms with Crippen molar-refractivity contribution < 1.29 is 13.9 Å². The van der Waals surface area contributed by atoms with Gasteiger partial charge in [0.05, 0.1) is 17.1 Å². The van der Waals surface area contributed by atoms with E-state index in [2.05, 4.69) is 21.2 Å². The van der Waals surface area contributed by atoms with Crippen LogP contribution in [0.15, 0.2) is 40.9 Å². The minimum Gasteiger partial charge on any atom is -0.496 e. The highest BCUT2D eigenvalue weighted by Crippen LogP contribution is 2.24. The van der Waals surface area contributed by atoms with Crippen LogP contribution in [0.1, 0.15) is 10.4 Å². The van der Waals surface area contributed by atoms with Crippen molar-refractivity contribution in [3.05, 3.63) is 52.3 Å². The molecule has 0 heterocycles. The second-order valence-electron chi connectivity index (χ2n) is 4.04. The highest BCUT2D eigenvalue weighted by Gasteiger charge is 2.13. The van der Waals surface area contributed by atoms with Crippen molar-refractivity contribution in [1.82, 2.24) is 0 Å². The van der Waals surface area contributed by atoms with E-state index in [1.807, 2.05) is 0 Å². The van der Waals surface area contributed by atoms with Crippen LogP contribution in [0.2, 0.25) is 0 Å². The molecule has 2 aromatic rings. The Kier molecular flexibility index (Phi) is 4.24. The van der Waals surface area contributed by atoms with Crippen molar-refractivity contribution in [3.63, 3.8) is 0 Å². The number of ether oxygens (including phenoxy) is 1. The first-order valence-electron chi connectivity index (χ1n) is 5.71. The first-order chi connectivity index (χ1) is 9.51. The Morgan fingerprint density at radius 3 is 2.70 bits per heavy atom. The molecule has 0 aliphatic carbocycles. The second-order valence-corrected chi connectivity index (χ2v) is 4.90. The van der Waals surface area contributed by atoms with Gasteiger partial charge in [-0.15, -0.1) is 0 Å². The zero-order chi connectivity index (χ0) is 14.7. The summed E-state index contributed by atoms with van der Waals surface area (Å²) in [5.41, 5.74) is 6.96. The molecule has 104 valence electrons. The molecule has 0 aliphatic rings. The van der Waals surface area contributed by atoms with Gasteiger partial charge in [0.2, 0.25) is 0 Å². The number of carbonyl (C=O) groups excluding carboxylic acids is 1. The molecular weight excluding hydrogens is 327 g/mol. The van der Waals surface area contributed by atoms with E-state index >= 15 is 0 Å². The molecule has 2 aromatic carbocycles. The monoisotopic (exact) mass is 338 g/mol. The SMILES string of the molecule is COc1cc(N)ccc1C(=O)Nc1ccc(F)c(Br)c1. The van der Waals surface area contributed by atoms with Crippen LogP contribution in [-0.2, 0) is 0 Å². The van der Waals surface area contributed by atoms with E-state index in [-0.39, 0.29) is 10.4 Å². The third-order valence-electron chi connectivity index (χ3n) is 2.65. The maximum Gasteiger partial charge on any atom is 0.259 e. The number of rotatable bonds is 3. The van der Waals surface area contributed by atoms with Crippen molar-refractivity contribution in [2.75, 3.05) is 18.2 Å². The molecule has 0 fully saturated rings. The minimum absolute atomic E-state index is 0.277. The predicted molar refractivity (Wildman–Crippen MR) is 79.5 cm³/mol. The number of nitrogens with two attached hydrogens (primary N) is 1. The Labute approximate surface area is 123 Å². The number of anilines is 2. The summed E-state index contributed by atoms with van der Waals surface area (Å²) in [7, 11) is 1.46. The molecule has 0 aliphatic heterocycles. The molecule has 0 unspecified atom stereocenters. The number of benzene rings is 2.